The SMILES string of the molecule is C=CCCNC(=O)N1CCC[C@@H](C(=O)O)C1. The number of urea groups is 1. The van der Waals surface area contributed by atoms with Gasteiger partial charge in [-0.2, -0.15) is 0 Å². The van der Waals surface area contributed by atoms with Crippen LogP contribution in [0.3, 0.4) is 0 Å². The number of carboxylic acid groups (broad SMARTS) is 1. The van der Waals surface area contributed by atoms with E-state index in [-0.39, 0.29) is 6.03 Å². The van der Waals surface area contributed by atoms with Crippen LogP contribution in [0.25, 0.3) is 0 Å². The van der Waals surface area contributed by atoms with E-state index >= 15 is 0 Å². The Balaban J connectivity index is 2.37. The van der Waals surface area contributed by atoms with Crippen molar-refractivity contribution in [1.82, 2.24) is 10.2 Å². The molecule has 1 aliphatic rings. The molecule has 1 saturated heterocycles. The number of likely N-dealkylation sites (tertiary alicyclic amines) is 1. The molecule has 2 N–H and O–H groups in total. The number of nitrogens with zero attached hydrogens (tertiary/aromatic N) is 1. The maximum Gasteiger partial charge on any atom is 0.317 e. The molecule has 1 rings (SSSR count). The lowest BCUT2D eigenvalue weighted by Crippen LogP contribution is -2.47. The third-order valence-electron chi connectivity index (χ3n) is 2.68. The molecule has 16 heavy (non-hydrogen) atoms. The summed E-state index contributed by atoms with van der Waals surface area (Å²) in [4.78, 5) is 24.0. The first-order chi connectivity index (χ1) is 7.65. The van der Waals surface area contributed by atoms with Gasteiger partial charge in [0.05, 0.1) is 5.92 Å². The van der Waals surface area contributed by atoms with E-state index in [1.807, 2.05) is 0 Å². The van der Waals surface area contributed by atoms with Gasteiger partial charge in [0, 0.05) is 19.6 Å². The number of carbonyl (C=O) groups is 2. The van der Waals surface area contributed by atoms with Crippen LogP contribution in [0.2, 0.25) is 0 Å². The summed E-state index contributed by atoms with van der Waals surface area (Å²) in [7, 11) is 0. The lowest BCUT2D eigenvalue weighted by Gasteiger charge is -2.30. The van der Waals surface area contributed by atoms with Gasteiger partial charge >= 0.3 is 12.0 Å². The second-order valence-electron chi connectivity index (χ2n) is 3.93. The number of hydrogen-bond donors (Lipinski definition) is 2. The van der Waals surface area contributed by atoms with Gasteiger partial charge in [0.15, 0.2) is 0 Å². The minimum absolute atomic E-state index is 0.173. The second-order valence-corrected chi connectivity index (χ2v) is 3.93. The summed E-state index contributed by atoms with van der Waals surface area (Å²) in [6, 6.07) is -0.173. The van der Waals surface area contributed by atoms with Crippen molar-refractivity contribution < 1.29 is 14.7 Å². The van der Waals surface area contributed by atoms with Crippen LogP contribution in [0.1, 0.15) is 19.3 Å². The second kappa shape index (κ2) is 6.15. The summed E-state index contributed by atoms with van der Waals surface area (Å²) >= 11 is 0. The molecule has 2 amide bonds. The summed E-state index contributed by atoms with van der Waals surface area (Å²) in [6.45, 7) is 5.07. The van der Waals surface area contributed by atoms with Crippen molar-refractivity contribution >= 4 is 12.0 Å². The Labute approximate surface area is 95.1 Å². The molecule has 0 aliphatic carbocycles. The summed E-state index contributed by atoms with van der Waals surface area (Å²) < 4.78 is 0. The molecule has 0 spiro atoms. The van der Waals surface area contributed by atoms with E-state index in [1.165, 1.54) is 0 Å². The standard InChI is InChI=1S/C11H18N2O3/c1-2-3-6-12-11(16)13-7-4-5-9(8-13)10(14)15/h2,9H,1,3-8H2,(H,12,16)(H,14,15)/t9-/m1/s1. The average molecular weight is 226 g/mol. The van der Waals surface area contributed by atoms with Gasteiger partial charge in [-0.15, -0.1) is 6.58 Å². The summed E-state index contributed by atoms with van der Waals surface area (Å²) in [5.41, 5.74) is 0. The van der Waals surface area contributed by atoms with E-state index in [0.717, 1.165) is 12.8 Å². The molecule has 1 heterocycles. The van der Waals surface area contributed by atoms with Crippen molar-refractivity contribution in [3.8, 4) is 0 Å². The fraction of sp³-hybridized carbons (Fsp3) is 0.636. The number of carbonyl (C=O) groups excluding carboxylic acids is 1. The van der Waals surface area contributed by atoms with Crippen LogP contribution in [0.4, 0.5) is 4.79 Å². The first-order valence-corrected chi connectivity index (χ1v) is 5.51. The van der Waals surface area contributed by atoms with Gasteiger partial charge in [0.1, 0.15) is 0 Å². The number of carboxylic acids is 1. The smallest absolute Gasteiger partial charge is 0.317 e. The highest BCUT2D eigenvalue weighted by Gasteiger charge is 2.27. The molecule has 0 aromatic carbocycles. The molecule has 0 radical (unpaired) electrons. The molecule has 0 unspecified atom stereocenters. The van der Waals surface area contributed by atoms with E-state index in [0.29, 0.717) is 26.1 Å². The largest absolute Gasteiger partial charge is 0.481 e. The number of nitrogens with one attached hydrogen (secondary N) is 1. The summed E-state index contributed by atoms with van der Waals surface area (Å²) in [5.74, 6) is -1.23. The highest BCUT2D eigenvalue weighted by molar-refractivity contribution is 5.76. The van der Waals surface area contributed by atoms with Gasteiger partial charge < -0.3 is 15.3 Å². The number of hydrogen-bond acceptors (Lipinski definition) is 2. The Bertz CT molecular complexity index is 278. The third-order valence-corrected chi connectivity index (χ3v) is 2.68. The molecule has 5 heteroatoms. The maximum absolute atomic E-state index is 11.6. The van der Waals surface area contributed by atoms with Crippen LogP contribution in [0.15, 0.2) is 12.7 Å². The Kier molecular flexibility index (Phi) is 4.82. The molecule has 0 aromatic heterocycles. The van der Waals surface area contributed by atoms with Crippen LogP contribution in [-0.2, 0) is 4.79 Å². The lowest BCUT2D eigenvalue weighted by molar-refractivity contribution is -0.143. The predicted octanol–water partition coefficient (Wildman–Crippen LogP) is 1.07. The minimum atomic E-state index is -0.816. The normalized spacial score (nSPS) is 20.2. The fourth-order valence-electron chi connectivity index (χ4n) is 1.76. The molecule has 0 bridgehead atoms. The number of amides is 2. The van der Waals surface area contributed by atoms with Crippen LogP contribution in [0.5, 0.6) is 0 Å². The van der Waals surface area contributed by atoms with Crippen LogP contribution < -0.4 is 5.32 Å². The molecule has 1 atom stereocenters. The highest BCUT2D eigenvalue weighted by Crippen LogP contribution is 2.16. The zero-order valence-corrected chi connectivity index (χ0v) is 9.32. The molecular formula is C11H18N2O3. The van der Waals surface area contributed by atoms with Gasteiger partial charge in [-0.1, -0.05) is 6.08 Å². The summed E-state index contributed by atoms with van der Waals surface area (Å²) in [5, 5.41) is 11.6. The van der Waals surface area contributed by atoms with Gasteiger partial charge in [-0.3, -0.25) is 4.79 Å². The lowest BCUT2D eigenvalue weighted by atomic mass is 9.99. The Hall–Kier alpha value is -1.52. The molecule has 0 saturated carbocycles. The van der Waals surface area contributed by atoms with Gasteiger partial charge in [0.2, 0.25) is 0 Å². The predicted molar refractivity (Wildman–Crippen MR) is 60.1 cm³/mol. The van der Waals surface area contributed by atoms with E-state index in [4.69, 9.17) is 5.11 Å². The zero-order valence-electron chi connectivity index (χ0n) is 9.32. The van der Waals surface area contributed by atoms with Gasteiger partial charge in [-0.05, 0) is 19.3 Å². The van der Waals surface area contributed by atoms with Crippen molar-refractivity contribution in [2.24, 2.45) is 5.92 Å². The van der Waals surface area contributed by atoms with Crippen LogP contribution >= 0.6 is 0 Å². The third kappa shape index (κ3) is 3.56. The minimum Gasteiger partial charge on any atom is -0.481 e. The number of piperidine rings is 1. The highest BCUT2D eigenvalue weighted by atomic mass is 16.4. The van der Waals surface area contributed by atoms with Crippen molar-refractivity contribution in [1.29, 1.82) is 0 Å². The van der Waals surface area contributed by atoms with E-state index in [9.17, 15) is 9.59 Å². The van der Waals surface area contributed by atoms with Gasteiger partial charge in [0.25, 0.3) is 0 Å². The zero-order chi connectivity index (χ0) is 12.0. The van der Waals surface area contributed by atoms with E-state index in [1.54, 1.807) is 11.0 Å². The molecule has 1 fully saturated rings. The number of rotatable bonds is 4. The quantitative estimate of drug-likeness (QED) is 0.556. The van der Waals surface area contributed by atoms with Crippen molar-refractivity contribution in [2.75, 3.05) is 19.6 Å². The number of aliphatic carboxylic acids is 1. The Morgan fingerprint density at radius 1 is 1.56 bits per heavy atom. The van der Waals surface area contributed by atoms with E-state index < -0.39 is 11.9 Å². The maximum atomic E-state index is 11.6. The van der Waals surface area contributed by atoms with Crippen molar-refractivity contribution in [3.63, 3.8) is 0 Å². The summed E-state index contributed by atoms with van der Waals surface area (Å²) in [6.07, 6.45) is 3.87. The molecule has 5 nitrogen and oxygen atoms in total. The molecule has 90 valence electrons. The van der Waals surface area contributed by atoms with E-state index in [2.05, 4.69) is 11.9 Å². The topological polar surface area (TPSA) is 69.6 Å². The average Bonchev–Trinajstić information content (AvgIpc) is 2.29. The van der Waals surface area contributed by atoms with Crippen molar-refractivity contribution in [2.45, 2.75) is 19.3 Å². The van der Waals surface area contributed by atoms with Crippen LogP contribution in [-0.4, -0.2) is 41.6 Å². The Morgan fingerprint density at radius 2 is 2.31 bits per heavy atom. The Morgan fingerprint density at radius 3 is 2.94 bits per heavy atom. The van der Waals surface area contributed by atoms with Crippen LogP contribution in [0, 0.1) is 5.92 Å². The first-order valence-electron chi connectivity index (χ1n) is 5.51. The monoisotopic (exact) mass is 226 g/mol. The molecule has 1 aliphatic heterocycles. The van der Waals surface area contributed by atoms with Gasteiger partial charge in [-0.25, -0.2) is 4.79 Å². The van der Waals surface area contributed by atoms with Crippen molar-refractivity contribution in [3.05, 3.63) is 12.7 Å². The first kappa shape index (κ1) is 12.5. The molecule has 0 aromatic rings. The molecular weight excluding hydrogens is 208 g/mol. The fourth-order valence-corrected chi connectivity index (χ4v) is 1.76.